The molecule has 0 saturated carbocycles. The Hall–Kier alpha value is -1.34. The lowest BCUT2D eigenvalue weighted by atomic mass is 9.90. The first kappa shape index (κ1) is 16.0. The molecule has 6 nitrogen and oxygen atoms in total. The molecule has 2 heterocycles. The van der Waals surface area contributed by atoms with Crippen LogP contribution in [0.3, 0.4) is 0 Å². The van der Waals surface area contributed by atoms with Crippen molar-refractivity contribution in [2.75, 3.05) is 36.9 Å². The minimum atomic E-state index is -0.179. The van der Waals surface area contributed by atoms with Crippen LogP contribution in [-0.2, 0) is 0 Å². The van der Waals surface area contributed by atoms with Crippen LogP contribution >= 0.6 is 11.3 Å². The number of aliphatic hydroxyl groups excluding tert-OH is 1. The summed E-state index contributed by atoms with van der Waals surface area (Å²) in [5.41, 5.74) is 5.74. The quantitative estimate of drug-likeness (QED) is 0.740. The van der Waals surface area contributed by atoms with Gasteiger partial charge in [0.05, 0.1) is 0 Å². The first-order valence-corrected chi connectivity index (χ1v) is 8.15. The second-order valence-electron chi connectivity index (χ2n) is 6.23. The first-order chi connectivity index (χ1) is 9.93. The summed E-state index contributed by atoms with van der Waals surface area (Å²) in [5.74, 6) is 0.126. The molecule has 0 aromatic carbocycles. The van der Waals surface area contributed by atoms with Crippen molar-refractivity contribution in [2.24, 2.45) is 5.41 Å². The average Bonchev–Trinajstić information content (AvgIpc) is 3.05. The fourth-order valence-electron chi connectivity index (χ4n) is 2.32. The largest absolute Gasteiger partial charge is 0.396 e. The van der Waals surface area contributed by atoms with E-state index in [0.717, 1.165) is 31.1 Å². The first-order valence-electron chi connectivity index (χ1n) is 7.33. The van der Waals surface area contributed by atoms with Gasteiger partial charge in [-0.05, 0) is 24.7 Å². The van der Waals surface area contributed by atoms with E-state index in [4.69, 9.17) is 10.8 Å². The van der Waals surface area contributed by atoms with Crippen molar-refractivity contribution in [3.63, 3.8) is 0 Å². The van der Waals surface area contributed by atoms with E-state index in [0.29, 0.717) is 23.7 Å². The van der Waals surface area contributed by atoms with Crippen molar-refractivity contribution >= 4 is 28.2 Å². The Morgan fingerprint density at radius 2 is 2.14 bits per heavy atom. The molecule has 0 bridgehead atoms. The SMILES string of the molecule is CC(C)(CCO)CNC(=O)c1sc(N2CCCC2)nc1N. The lowest BCUT2D eigenvalue weighted by Gasteiger charge is -2.23. The number of aromatic nitrogens is 1. The van der Waals surface area contributed by atoms with E-state index in [2.05, 4.69) is 15.2 Å². The van der Waals surface area contributed by atoms with Crippen molar-refractivity contribution in [1.29, 1.82) is 0 Å². The van der Waals surface area contributed by atoms with Crippen LogP contribution in [-0.4, -0.2) is 42.2 Å². The maximum absolute atomic E-state index is 12.2. The van der Waals surface area contributed by atoms with Gasteiger partial charge >= 0.3 is 0 Å². The number of nitrogen functional groups attached to an aromatic ring is 1. The molecule has 1 aliphatic heterocycles. The van der Waals surface area contributed by atoms with Gasteiger partial charge in [-0.3, -0.25) is 4.79 Å². The molecule has 7 heteroatoms. The van der Waals surface area contributed by atoms with Crippen LogP contribution in [0.2, 0.25) is 0 Å². The molecule has 4 N–H and O–H groups in total. The highest BCUT2D eigenvalue weighted by Gasteiger charge is 2.23. The van der Waals surface area contributed by atoms with E-state index < -0.39 is 0 Å². The Kier molecular flexibility index (Phi) is 5.05. The number of carbonyl (C=O) groups excluding carboxylic acids is 1. The molecular weight excluding hydrogens is 288 g/mol. The molecule has 0 unspecified atom stereocenters. The normalized spacial score (nSPS) is 15.5. The van der Waals surface area contributed by atoms with Gasteiger partial charge in [-0.25, -0.2) is 4.98 Å². The Bertz CT molecular complexity index is 495. The third-order valence-corrected chi connectivity index (χ3v) is 4.87. The number of aliphatic hydroxyl groups is 1. The lowest BCUT2D eigenvalue weighted by molar-refractivity contribution is 0.0933. The summed E-state index contributed by atoms with van der Waals surface area (Å²) in [5, 5.41) is 12.7. The van der Waals surface area contributed by atoms with Gasteiger partial charge in [0.2, 0.25) is 0 Å². The molecular formula is C14H24N4O2S. The van der Waals surface area contributed by atoms with E-state index in [9.17, 15) is 4.79 Å². The van der Waals surface area contributed by atoms with E-state index >= 15 is 0 Å². The molecule has 1 aliphatic rings. The molecule has 1 aromatic heterocycles. The van der Waals surface area contributed by atoms with Crippen LogP contribution in [0.1, 0.15) is 42.8 Å². The summed E-state index contributed by atoms with van der Waals surface area (Å²) >= 11 is 1.36. The number of nitrogens with one attached hydrogen (secondary N) is 1. The summed E-state index contributed by atoms with van der Waals surface area (Å²) in [4.78, 5) is 19.2. The fraction of sp³-hybridized carbons (Fsp3) is 0.714. The smallest absolute Gasteiger partial charge is 0.265 e. The maximum atomic E-state index is 12.2. The van der Waals surface area contributed by atoms with Gasteiger partial charge in [0.15, 0.2) is 5.13 Å². The standard InChI is InChI=1S/C14H24N4O2S/c1-14(2,5-8-19)9-16-12(20)10-11(15)17-13(21-10)18-6-3-4-7-18/h19H,3-9,15H2,1-2H3,(H,16,20). The van der Waals surface area contributed by atoms with Crippen molar-refractivity contribution in [2.45, 2.75) is 33.1 Å². The maximum Gasteiger partial charge on any atom is 0.265 e. The Morgan fingerprint density at radius 3 is 2.76 bits per heavy atom. The zero-order valence-corrected chi connectivity index (χ0v) is 13.5. The Morgan fingerprint density at radius 1 is 1.48 bits per heavy atom. The van der Waals surface area contributed by atoms with Crippen molar-refractivity contribution in [3.8, 4) is 0 Å². The highest BCUT2D eigenvalue weighted by Crippen LogP contribution is 2.30. The van der Waals surface area contributed by atoms with E-state index in [1.54, 1.807) is 0 Å². The summed E-state index contributed by atoms with van der Waals surface area (Å²) in [6.07, 6.45) is 2.97. The fourth-order valence-corrected chi connectivity index (χ4v) is 3.27. The number of amides is 1. The molecule has 2 rings (SSSR count). The zero-order chi connectivity index (χ0) is 15.5. The van der Waals surface area contributed by atoms with Crippen LogP contribution < -0.4 is 16.0 Å². The molecule has 1 fully saturated rings. The molecule has 118 valence electrons. The topological polar surface area (TPSA) is 91.5 Å². The van der Waals surface area contributed by atoms with Gasteiger partial charge in [0.25, 0.3) is 5.91 Å². The zero-order valence-electron chi connectivity index (χ0n) is 12.7. The van der Waals surface area contributed by atoms with E-state index in [-0.39, 0.29) is 17.9 Å². The minimum Gasteiger partial charge on any atom is -0.396 e. The molecule has 21 heavy (non-hydrogen) atoms. The Balaban J connectivity index is 1.99. The molecule has 0 atom stereocenters. The van der Waals surface area contributed by atoms with E-state index in [1.165, 1.54) is 11.3 Å². The third-order valence-electron chi connectivity index (χ3n) is 3.74. The minimum absolute atomic E-state index is 0.116. The molecule has 1 aromatic rings. The Labute approximate surface area is 129 Å². The summed E-state index contributed by atoms with van der Waals surface area (Å²) in [6, 6.07) is 0. The van der Waals surface area contributed by atoms with Gasteiger partial charge in [-0.15, -0.1) is 0 Å². The number of anilines is 2. The van der Waals surface area contributed by atoms with Gasteiger partial charge in [0, 0.05) is 26.2 Å². The summed E-state index contributed by atoms with van der Waals surface area (Å²) in [7, 11) is 0. The van der Waals surface area contributed by atoms with Gasteiger partial charge in [-0.1, -0.05) is 25.2 Å². The van der Waals surface area contributed by atoms with Gasteiger partial charge < -0.3 is 21.1 Å². The lowest BCUT2D eigenvalue weighted by Crippen LogP contribution is -2.34. The molecule has 1 saturated heterocycles. The number of hydrogen-bond donors (Lipinski definition) is 3. The number of rotatable bonds is 6. The van der Waals surface area contributed by atoms with Crippen LogP contribution in [0.25, 0.3) is 0 Å². The predicted octanol–water partition coefficient (Wildman–Crippen LogP) is 1.46. The molecule has 0 radical (unpaired) electrons. The van der Waals surface area contributed by atoms with Crippen molar-refractivity contribution < 1.29 is 9.90 Å². The number of thiazole rings is 1. The van der Waals surface area contributed by atoms with E-state index in [1.807, 2.05) is 13.8 Å². The van der Waals surface area contributed by atoms with Crippen LogP contribution in [0.15, 0.2) is 0 Å². The number of nitrogens with two attached hydrogens (primary N) is 1. The summed E-state index contributed by atoms with van der Waals surface area (Å²) in [6.45, 7) is 6.60. The summed E-state index contributed by atoms with van der Waals surface area (Å²) < 4.78 is 0. The third kappa shape index (κ3) is 4.07. The van der Waals surface area contributed by atoms with Gasteiger partial charge in [0.1, 0.15) is 10.7 Å². The van der Waals surface area contributed by atoms with Gasteiger partial charge in [-0.2, -0.15) is 0 Å². The number of hydrogen-bond acceptors (Lipinski definition) is 6. The van der Waals surface area contributed by atoms with Crippen molar-refractivity contribution in [1.82, 2.24) is 10.3 Å². The van der Waals surface area contributed by atoms with Crippen LogP contribution in [0.4, 0.5) is 10.9 Å². The molecule has 0 spiro atoms. The second kappa shape index (κ2) is 6.62. The van der Waals surface area contributed by atoms with Crippen LogP contribution in [0.5, 0.6) is 0 Å². The molecule has 0 aliphatic carbocycles. The van der Waals surface area contributed by atoms with Crippen LogP contribution in [0, 0.1) is 5.41 Å². The number of nitrogens with zero attached hydrogens (tertiary/aromatic N) is 2. The van der Waals surface area contributed by atoms with Crippen molar-refractivity contribution in [3.05, 3.63) is 4.88 Å². The monoisotopic (exact) mass is 312 g/mol. The number of carbonyl (C=O) groups is 1. The highest BCUT2D eigenvalue weighted by atomic mass is 32.1. The molecule has 1 amide bonds. The predicted molar refractivity (Wildman–Crippen MR) is 85.8 cm³/mol. The second-order valence-corrected chi connectivity index (χ2v) is 7.20. The average molecular weight is 312 g/mol. The highest BCUT2D eigenvalue weighted by molar-refractivity contribution is 7.18.